The summed E-state index contributed by atoms with van der Waals surface area (Å²) in [4.78, 5) is 17.9. The molecule has 0 spiro atoms. The van der Waals surface area contributed by atoms with E-state index in [9.17, 15) is 13.2 Å². The van der Waals surface area contributed by atoms with E-state index in [1.165, 1.54) is 0 Å². The first-order valence-corrected chi connectivity index (χ1v) is 15.5. The SMILES string of the molecule is Cc1cc(CS(=O)(=O)C2CC2)cc(C)c1C(=O)N1CCN(c2ccc(Cl)cc2Cl)[C@H](c2ccc(Cl)cc2)C1. The predicted molar refractivity (Wildman–Crippen MR) is 155 cm³/mol. The summed E-state index contributed by atoms with van der Waals surface area (Å²) in [6, 6.07) is 16.7. The molecule has 5 nitrogen and oxygen atoms in total. The van der Waals surface area contributed by atoms with Crippen LogP contribution in [0.3, 0.4) is 0 Å². The van der Waals surface area contributed by atoms with Crippen LogP contribution in [0.25, 0.3) is 0 Å². The van der Waals surface area contributed by atoms with E-state index in [0.29, 0.717) is 40.3 Å². The molecule has 1 amide bonds. The standard InChI is InChI=1S/C29H29Cl3N2O3S/c1-18-13-20(17-38(36,37)24-8-9-24)14-19(2)28(18)29(35)33-11-12-34(26-10-7-23(31)15-25(26)32)27(16-33)21-3-5-22(30)6-4-21/h3-7,10,13-15,24,27H,8-9,11-12,16-17H2,1-2H3/t27-/m0/s1. The van der Waals surface area contributed by atoms with Crippen LogP contribution in [0.5, 0.6) is 0 Å². The van der Waals surface area contributed by atoms with Crippen molar-refractivity contribution in [3.63, 3.8) is 0 Å². The number of carbonyl (C=O) groups is 1. The number of hydrogen-bond donors (Lipinski definition) is 0. The molecule has 5 rings (SSSR count). The normalized spacial score (nSPS) is 18.1. The molecule has 0 unspecified atom stereocenters. The highest BCUT2D eigenvalue weighted by molar-refractivity contribution is 7.91. The maximum Gasteiger partial charge on any atom is 0.254 e. The van der Waals surface area contributed by atoms with Crippen LogP contribution in [-0.4, -0.2) is 44.1 Å². The Kier molecular flexibility index (Phi) is 7.71. The number of hydrogen-bond acceptors (Lipinski definition) is 4. The van der Waals surface area contributed by atoms with Crippen LogP contribution in [0.2, 0.25) is 15.1 Å². The number of amides is 1. The number of anilines is 1. The van der Waals surface area contributed by atoms with Gasteiger partial charge in [0.25, 0.3) is 5.91 Å². The van der Waals surface area contributed by atoms with Gasteiger partial charge in [0.15, 0.2) is 9.84 Å². The highest BCUT2D eigenvalue weighted by atomic mass is 35.5. The topological polar surface area (TPSA) is 57.7 Å². The molecule has 200 valence electrons. The number of piperazine rings is 1. The molecule has 1 saturated heterocycles. The fourth-order valence-electron chi connectivity index (χ4n) is 5.35. The predicted octanol–water partition coefficient (Wildman–Crippen LogP) is 7.04. The number of nitrogens with zero attached hydrogens (tertiary/aromatic N) is 2. The molecular formula is C29H29Cl3N2O3S. The fraction of sp³-hybridized carbons (Fsp3) is 0.345. The summed E-state index contributed by atoms with van der Waals surface area (Å²) < 4.78 is 25.1. The maximum absolute atomic E-state index is 13.9. The van der Waals surface area contributed by atoms with Crippen LogP contribution in [0.4, 0.5) is 5.69 Å². The Morgan fingerprint density at radius 3 is 2.13 bits per heavy atom. The summed E-state index contributed by atoms with van der Waals surface area (Å²) in [5.41, 5.74) is 4.84. The molecule has 1 aliphatic heterocycles. The van der Waals surface area contributed by atoms with Crippen molar-refractivity contribution in [2.75, 3.05) is 24.5 Å². The third-order valence-corrected chi connectivity index (χ3v) is 10.4. The van der Waals surface area contributed by atoms with Crippen LogP contribution < -0.4 is 4.90 Å². The quantitative estimate of drug-likeness (QED) is 0.308. The Hall–Kier alpha value is -2.25. The average Bonchev–Trinajstić information content (AvgIpc) is 3.70. The molecule has 3 aromatic rings. The Balaban J connectivity index is 1.43. The molecular weight excluding hydrogens is 563 g/mol. The Labute approximate surface area is 239 Å². The molecule has 1 saturated carbocycles. The van der Waals surface area contributed by atoms with Gasteiger partial charge in [-0.15, -0.1) is 0 Å². The molecule has 38 heavy (non-hydrogen) atoms. The van der Waals surface area contributed by atoms with E-state index >= 15 is 0 Å². The van der Waals surface area contributed by atoms with Crippen molar-refractivity contribution in [1.29, 1.82) is 0 Å². The summed E-state index contributed by atoms with van der Waals surface area (Å²) in [5.74, 6) is -0.0371. The van der Waals surface area contributed by atoms with E-state index in [-0.39, 0.29) is 23.0 Å². The van der Waals surface area contributed by atoms with E-state index in [2.05, 4.69) is 4.90 Å². The minimum atomic E-state index is -3.14. The molecule has 1 atom stereocenters. The summed E-state index contributed by atoms with van der Waals surface area (Å²) in [5, 5.41) is 1.55. The maximum atomic E-state index is 13.9. The molecule has 0 radical (unpaired) electrons. The van der Waals surface area contributed by atoms with Gasteiger partial charge >= 0.3 is 0 Å². The van der Waals surface area contributed by atoms with Gasteiger partial charge in [-0.2, -0.15) is 0 Å². The monoisotopic (exact) mass is 590 g/mol. The summed E-state index contributed by atoms with van der Waals surface area (Å²) in [6.07, 6.45) is 1.50. The molecule has 2 fully saturated rings. The Morgan fingerprint density at radius 2 is 1.53 bits per heavy atom. The van der Waals surface area contributed by atoms with Crippen molar-refractivity contribution >= 4 is 56.2 Å². The number of carbonyl (C=O) groups excluding carboxylic acids is 1. The first-order valence-electron chi connectivity index (χ1n) is 12.6. The lowest BCUT2D eigenvalue weighted by Crippen LogP contribution is -2.51. The van der Waals surface area contributed by atoms with Gasteiger partial charge in [0.05, 0.1) is 27.8 Å². The molecule has 0 N–H and O–H groups in total. The van der Waals surface area contributed by atoms with Crippen molar-refractivity contribution in [2.24, 2.45) is 0 Å². The molecule has 0 aromatic heterocycles. The first kappa shape index (κ1) is 27.3. The minimum Gasteiger partial charge on any atom is -0.360 e. The van der Waals surface area contributed by atoms with Crippen LogP contribution in [-0.2, 0) is 15.6 Å². The fourth-order valence-corrected chi connectivity index (χ4v) is 7.71. The van der Waals surface area contributed by atoms with Gasteiger partial charge in [0.2, 0.25) is 0 Å². The van der Waals surface area contributed by atoms with Crippen molar-refractivity contribution in [3.8, 4) is 0 Å². The smallest absolute Gasteiger partial charge is 0.254 e. The van der Waals surface area contributed by atoms with Crippen LogP contribution >= 0.6 is 34.8 Å². The summed E-state index contributed by atoms with van der Waals surface area (Å²) in [7, 11) is -3.14. The van der Waals surface area contributed by atoms with Gasteiger partial charge < -0.3 is 9.80 Å². The van der Waals surface area contributed by atoms with Crippen LogP contribution in [0.1, 0.15) is 51.5 Å². The lowest BCUT2D eigenvalue weighted by atomic mass is 9.96. The van der Waals surface area contributed by atoms with Gasteiger partial charge in [0.1, 0.15) is 0 Å². The van der Waals surface area contributed by atoms with Crippen molar-refractivity contribution in [2.45, 2.75) is 43.7 Å². The number of rotatable bonds is 6. The zero-order valence-corrected chi connectivity index (χ0v) is 24.3. The van der Waals surface area contributed by atoms with Gasteiger partial charge in [-0.25, -0.2) is 8.42 Å². The largest absolute Gasteiger partial charge is 0.360 e. The van der Waals surface area contributed by atoms with Gasteiger partial charge in [0, 0.05) is 35.2 Å². The van der Waals surface area contributed by atoms with Gasteiger partial charge in [-0.1, -0.05) is 59.1 Å². The van der Waals surface area contributed by atoms with E-state index < -0.39 is 9.84 Å². The second kappa shape index (κ2) is 10.7. The highest BCUT2D eigenvalue weighted by Gasteiger charge is 2.36. The minimum absolute atomic E-state index is 0.0208. The highest BCUT2D eigenvalue weighted by Crippen LogP contribution is 2.37. The molecule has 2 aliphatic rings. The van der Waals surface area contributed by atoms with Crippen molar-refractivity contribution < 1.29 is 13.2 Å². The van der Waals surface area contributed by atoms with E-state index in [4.69, 9.17) is 34.8 Å². The Bertz CT molecular complexity index is 1460. The second-order valence-corrected chi connectivity index (χ2v) is 13.8. The van der Waals surface area contributed by atoms with Crippen LogP contribution in [0.15, 0.2) is 54.6 Å². The zero-order valence-electron chi connectivity index (χ0n) is 21.3. The van der Waals surface area contributed by atoms with Crippen molar-refractivity contribution in [1.82, 2.24) is 4.90 Å². The van der Waals surface area contributed by atoms with E-state index in [1.54, 1.807) is 6.07 Å². The summed E-state index contributed by atoms with van der Waals surface area (Å²) >= 11 is 18.9. The molecule has 9 heteroatoms. The third-order valence-electron chi connectivity index (χ3n) is 7.35. The third kappa shape index (κ3) is 5.69. The van der Waals surface area contributed by atoms with E-state index in [0.717, 1.165) is 40.8 Å². The number of halogens is 3. The number of benzene rings is 3. The molecule has 1 aliphatic carbocycles. The molecule has 0 bridgehead atoms. The van der Waals surface area contributed by atoms with Gasteiger partial charge in [-0.3, -0.25) is 4.79 Å². The molecule has 3 aromatic carbocycles. The molecule has 1 heterocycles. The zero-order chi connectivity index (χ0) is 27.2. The summed E-state index contributed by atoms with van der Waals surface area (Å²) in [6.45, 7) is 5.31. The first-order chi connectivity index (χ1) is 18.0. The average molecular weight is 592 g/mol. The van der Waals surface area contributed by atoms with Crippen molar-refractivity contribution in [3.05, 3.63) is 97.5 Å². The van der Waals surface area contributed by atoms with Crippen LogP contribution in [0, 0.1) is 13.8 Å². The number of aryl methyl sites for hydroxylation is 2. The Morgan fingerprint density at radius 1 is 0.895 bits per heavy atom. The second-order valence-electron chi connectivity index (χ2n) is 10.2. The van der Waals surface area contributed by atoms with E-state index in [1.807, 2.05) is 67.3 Å². The van der Waals surface area contributed by atoms with Gasteiger partial charge in [-0.05, 0) is 79.3 Å². The lowest BCUT2D eigenvalue weighted by Gasteiger charge is -2.43. The number of sulfone groups is 1. The lowest BCUT2D eigenvalue weighted by molar-refractivity contribution is 0.0720.